The number of allylic oxidation sites excluding steroid dienone is 1. The monoisotopic (exact) mass is 632 g/mol. The van der Waals surface area contributed by atoms with E-state index in [9.17, 15) is 14.0 Å². The van der Waals surface area contributed by atoms with Gasteiger partial charge in [-0.2, -0.15) is 0 Å². The SMILES string of the molecule is CC1=C(C(=O)Nc2ccccc2)[C@@H](c2ccc(F)cc2)n2c(s/c(=C/c3cn(Cc4ccc(Cl)cc4)c4ccccc34)c2=O)=N1. The van der Waals surface area contributed by atoms with Crippen molar-refractivity contribution < 1.29 is 9.18 Å². The van der Waals surface area contributed by atoms with E-state index in [0.29, 0.717) is 43.4 Å². The van der Waals surface area contributed by atoms with Gasteiger partial charge in [0.15, 0.2) is 4.80 Å². The van der Waals surface area contributed by atoms with E-state index in [4.69, 9.17) is 16.6 Å². The molecule has 9 heteroatoms. The molecule has 6 nitrogen and oxygen atoms in total. The normalized spacial score (nSPS) is 14.8. The van der Waals surface area contributed by atoms with Crippen LogP contribution in [0.5, 0.6) is 0 Å². The number of benzene rings is 4. The van der Waals surface area contributed by atoms with Crippen molar-refractivity contribution in [2.45, 2.75) is 19.5 Å². The molecule has 0 fully saturated rings. The summed E-state index contributed by atoms with van der Waals surface area (Å²) in [5, 5.41) is 4.62. The minimum atomic E-state index is -0.793. The van der Waals surface area contributed by atoms with Gasteiger partial charge in [0, 0.05) is 39.9 Å². The Hall–Kier alpha value is -5.05. The highest BCUT2D eigenvalue weighted by atomic mass is 35.5. The van der Waals surface area contributed by atoms with Crippen LogP contribution in [0, 0.1) is 5.82 Å². The number of hydrogen-bond donors (Lipinski definition) is 1. The minimum absolute atomic E-state index is 0.278. The van der Waals surface area contributed by atoms with Gasteiger partial charge >= 0.3 is 0 Å². The van der Waals surface area contributed by atoms with Crippen molar-refractivity contribution in [3.05, 3.63) is 168 Å². The first kappa shape index (κ1) is 28.7. The Kier molecular flexibility index (Phi) is 7.53. The highest BCUT2D eigenvalue weighted by Gasteiger charge is 2.32. The van der Waals surface area contributed by atoms with Crippen molar-refractivity contribution in [3.8, 4) is 0 Å². The molecule has 0 saturated carbocycles. The fraction of sp³-hybridized carbons (Fsp3) is 0.0833. The van der Waals surface area contributed by atoms with Crippen molar-refractivity contribution in [2.24, 2.45) is 4.99 Å². The van der Waals surface area contributed by atoms with Crippen molar-refractivity contribution in [1.29, 1.82) is 0 Å². The van der Waals surface area contributed by atoms with Gasteiger partial charge in [-0.25, -0.2) is 9.38 Å². The quantitative estimate of drug-likeness (QED) is 0.223. The zero-order valence-electron chi connectivity index (χ0n) is 24.1. The molecule has 4 aromatic carbocycles. The van der Waals surface area contributed by atoms with E-state index in [1.54, 1.807) is 35.8 Å². The van der Waals surface area contributed by atoms with Crippen LogP contribution in [0.1, 0.15) is 29.7 Å². The molecule has 2 aromatic heterocycles. The van der Waals surface area contributed by atoms with Gasteiger partial charge < -0.3 is 9.88 Å². The predicted octanol–water partition coefficient (Wildman–Crippen LogP) is 6.67. The van der Waals surface area contributed by atoms with E-state index in [1.807, 2.05) is 72.9 Å². The lowest BCUT2D eigenvalue weighted by Gasteiger charge is -2.25. The summed E-state index contributed by atoms with van der Waals surface area (Å²) in [6, 6.07) is 30.0. The first-order valence-corrected chi connectivity index (χ1v) is 15.5. The largest absolute Gasteiger partial charge is 0.342 e. The van der Waals surface area contributed by atoms with E-state index in [2.05, 4.69) is 16.0 Å². The van der Waals surface area contributed by atoms with Crippen LogP contribution in [0.15, 0.2) is 130 Å². The van der Waals surface area contributed by atoms with E-state index in [0.717, 1.165) is 22.0 Å². The molecule has 45 heavy (non-hydrogen) atoms. The second-order valence-corrected chi connectivity index (χ2v) is 12.3. The van der Waals surface area contributed by atoms with Crippen LogP contribution in [0.25, 0.3) is 17.0 Å². The number of carbonyl (C=O) groups excluding carboxylic acids is 1. The van der Waals surface area contributed by atoms with Gasteiger partial charge in [0.25, 0.3) is 11.5 Å². The number of hydrogen-bond acceptors (Lipinski definition) is 4. The van der Waals surface area contributed by atoms with Gasteiger partial charge in [-0.3, -0.25) is 14.2 Å². The molecule has 6 aromatic rings. The fourth-order valence-corrected chi connectivity index (χ4v) is 6.90. The lowest BCUT2D eigenvalue weighted by atomic mass is 9.95. The number of amides is 1. The summed E-state index contributed by atoms with van der Waals surface area (Å²) in [5.74, 6) is -0.784. The molecule has 7 rings (SSSR count). The summed E-state index contributed by atoms with van der Waals surface area (Å²) in [6.45, 7) is 2.40. The molecule has 1 N–H and O–H groups in total. The van der Waals surface area contributed by atoms with Gasteiger partial charge in [0.2, 0.25) is 0 Å². The topological polar surface area (TPSA) is 68.4 Å². The molecular formula is C36H26ClFN4O2S. The van der Waals surface area contributed by atoms with E-state index >= 15 is 0 Å². The average Bonchev–Trinajstić information content (AvgIpc) is 3.54. The molecular weight excluding hydrogens is 607 g/mol. The zero-order valence-corrected chi connectivity index (χ0v) is 25.6. The molecule has 3 heterocycles. The molecule has 0 unspecified atom stereocenters. The highest BCUT2D eigenvalue weighted by Crippen LogP contribution is 2.31. The van der Waals surface area contributed by atoms with Crippen molar-refractivity contribution in [3.63, 3.8) is 0 Å². The number of fused-ring (bicyclic) bond motifs is 2. The van der Waals surface area contributed by atoms with Crippen molar-refractivity contribution >= 4 is 51.5 Å². The Balaban J connectivity index is 1.35. The summed E-state index contributed by atoms with van der Waals surface area (Å²) in [6.07, 6.45) is 3.92. The Morgan fingerprint density at radius 2 is 1.69 bits per heavy atom. The van der Waals surface area contributed by atoms with Crippen LogP contribution in [-0.2, 0) is 11.3 Å². The lowest BCUT2D eigenvalue weighted by molar-refractivity contribution is -0.113. The minimum Gasteiger partial charge on any atom is -0.342 e. The van der Waals surface area contributed by atoms with Crippen LogP contribution < -0.4 is 20.2 Å². The number of anilines is 1. The third-order valence-electron chi connectivity index (χ3n) is 7.86. The summed E-state index contributed by atoms with van der Waals surface area (Å²) in [5.41, 5.74) is 4.79. The van der Waals surface area contributed by atoms with Crippen molar-refractivity contribution in [2.75, 3.05) is 5.32 Å². The second-order valence-electron chi connectivity index (χ2n) is 10.8. The predicted molar refractivity (Wildman–Crippen MR) is 178 cm³/mol. The molecule has 0 saturated heterocycles. The fourth-order valence-electron chi connectivity index (χ4n) is 5.74. The molecule has 222 valence electrons. The number of nitrogens with one attached hydrogen (secondary N) is 1. The number of thiazole rings is 1. The molecule has 1 atom stereocenters. The molecule has 1 aliphatic rings. The lowest BCUT2D eigenvalue weighted by Crippen LogP contribution is -2.40. The molecule has 1 amide bonds. The Labute approximate surface area is 266 Å². The highest BCUT2D eigenvalue weighted by molar-refractivity contribution is 7.07. The first-order valence-electron chi connectivity index (χ1n) is 14.3. The van der Waals surface area contributed by atoms with E-state index in [1.165, 1.54) is 23.5 Å². The second kappa shape index (κ2) is 11.8. The average molecular weight is 633 g/mol. The van der Waals surface area contributed by atoms with Crippen LogP contribution in [-0.4, -0.2) is 15.0 Å². The van der Waals surface area contributed by atoms with E-state index in [-0.39, 0.29) is 11.5 Å². The maximum absolute atomic E-state index is 14.2. The van der Waals surface area contributed by atoms with E-state index < -0.39 is 11.9 Å². The van der Waals surface area contributed by atoms with Crippen LogP contribution in [0.2, 0.25) is 5.02 Å². The summed E-state index contributed by atoms with van der Waals surface area (Å²) in [7, 11) is 0. The zero-order chi connectivity index (χ0) is 31.1. The standard InChI is InChI=1S/C36H26ClFN4O2S/c1-22-32(34(43)40-28-7-3-2-4-8-28)33(24-13-17-27(38)18-14-24)42-35(44)31(45-36(42)39-22)19-25-21-41(30-10-6-5-9-29(25)30)20-23-11-15-26(37)16-12-23/h2-19,21,33H,20H2,1H3,(H,40,43)/b31-19+/t33-/m1/s1. The maximum atomic E-state index is 14.2. The smallest absolute Gasteiger partial charge is 0.271 e. The first-order chi connectivity index (χ1) is 21.9. The van der Waals surface area contributed by atoms with Crippen molar-refractivity contribution in [1.82, 2.24) is 9.13 Å². The molecule has 0 aliphatic carbocycles. The van der Waals surface area contributed by atoms with Gasteiger partial charge in [-0.1, -0.05) is 83.6 Å². The summed E-state index contributed by atoms with van der Waals surface area (Å²) in [4.78, 5) is 33.1. The third-order valence-corrected chi connectivity index (χ3v) is 9.09. The summed E-state index contributed by atoms with van der Waals surface area (Å²) < 4.78 is 18.2. The molecule has 0 bridgehead atoms. The number of para-hydroxylation sites is 2. The van der Waals surface area contributed by atoms with Crippen LogP contribution in [0.4, 0.5) is 10.1 Å². The van der Waals surface area contributed by atoms with Gasteiger partial charge in [0.1, 0.15) is 5.82 Å². The number of halogens is 2. The van der Waals surface area contributed by atoms with Gasteiger partial charge in [-0.05, 0) is 66.6 Å². The number of nitrogens with zero attached hydrogens (tertiary/aromatic N) is 3. The Bertz CT molecular complexity index is 2290. The maximum Gasteiger partial charge on any atom is 0.271 e. The number of rotatable bonds is 6. The van der Waals surface area contributed by atoms with Gasteiger partial charge in [0.05, 0.1) is 21.8 Å². The Morgan fingerprint density at radius 3 is 2.44 bits per heavy atom. The molecule has 0 spiro atoms. The third kappa shape index (κ3) is 5.54. The molecule has 1 aliphatic heterocycles. The Morgan fingerprint density at radius 1 is 0.978 bits per heavy atom. The van der Waals surface area contributed by atoms with Crippen LogP contribution >= 0.6 is 22.9 Å². The molecule has 0 radical (unpaired) electrons. The number of aromatic nitrogens is 2. The number of carbonyl (C=O) groups is 1. The summed E-state index contributed by atoms with van der Waals surface area (Å²) >= 11 is 7.37. The van der Waals surface area contributed by atoms with Gasteiger partial charge in [-0.15, -0.1) is 0 Å². The van der Waals surface area contributed by atoms with Crippen LogP contribution in [0.3, 0.4) is 0 Å².